The Labute approximate surface area is 154 Å². The minimum Gasteiger partial charge on any atom is -0.368 e. The Morgan fingerprint density at radius 2 is 1.77 bits per heavy atom. The number of amides is 1. The normalized spacial score (nSPS) is 14.4. The van der Waals surface area contributed by atoms with E-state index in [1.165, 1.54) is 30.0 Å². The first kappa shape index (κ1) is 18.2. The molecule has 0 atom stereocenters. The zero-order valence-electron chi connectivity index (χ0n) is 14.2. The topological polar surface area (TPSA) is 66.7 Å². The molecule has 0 unspecified atom stereocenters. The van der Waals surface area contributed by atoms with Gasteiger partial charge in [0.1, 0.15) is 5.82 Å². The number of nitro groups is 1. The van der Waals surface area contributed by atoms with Crippen molar-refractivity contribution >= 4 is 29.0 Å². The number of anilines is 1. The minimum absolute atomic E-state index is 0.0479. The average Bonchev–Trinajstić information content (AvgIpc) is 2.67. The fraction of sp³-hybridized carbons (Fsp3) is 0.278. The summed E-state index contributed by atoms with van der Waals surface area (Å²) in [5, 5.41) is 11.2. The number of piperazine rings is 1. The predicted octanol–water partition coefficient (Wildman–Crippen LogP) is 3.42. The molecule has 2 aromatic carbocycles. The summed E-state index contributed by atoms with van der Waals surface area (Å²) in [6, 6.07) is 10.9. The summed E-state index contributed by atoms with van der Waals surface area (Å²) in [4.78, 5) is 27.7. The highest BCUT2D eigenvalue weighted by atomic mass is 32.2. The van der Waals surface area contributed by atoms with E-state index in [1.807, 2.05) is 0 Å². The quantitative estimate of drug-likeness (QED) is 0.465. The Kier molecular flexibility index (Phi) is 5.41. The van der Waals surface area contributed by atoms with Crippen molar-refractivity contribution in [2.24, 2.45) is 0 Å². The number of halogens is 1. The third-order valence-electron chi connectivity index (χ3n) is 4.38. The van der Waals surface area contributed by atoms with Gasteiger partial charge in [0, 0.05) is 43.5 Å². The number of carbonyl (C=O) groups excluding carboxylic acids is 1. The Morgan fingerprint density at radius 3 is 2.35 bits per heavy atom. The third-order valence-corrected chi connectivity index (χ3v) is 5.17. The molecule has 26 heavy (non-hydrogen) atoms. The Balaban J connectivity index is 1.69. The van der Waals surface area contributed by atoms with Gasteiger partial charge in [-0.1, -0.05) is 0 Å². The molecule has 1 saturated heterocycles. The fourth-order valence-electron chi connectivity index (χ4n) is 2.97. The molecule has 0 radical (unpaired) electrons. The number of carbonyl (C=O) groups is 1. The maximum Gasteiger partial charge on any atom is 0.283 e. The summed E-state index contributed by atoms with van der Waals surface area (Å²) in [6.45, 7) is 2.27. The number of hydrogen-bond donors (Lipinski definition) is 0. The second-order valence-electron chi connectivity index (χ2n) is 5.90. The van der Waals surface area contributed by atoms with Gasteiger partial charge in [-0.2, -0.15) is 0 Å². The maximum atomic E-state index is 13.0. The number of nitro benzene ring substituents is 1. The van der Waals surface area contributed by atoms with Crippen molar-refractivity contribution in [2.45, 2.75) is 4.90 Å². The van der Waals surface area contributed by atoms with Crippen LogP contribution >= 0.6 is 11.8 Å². The molecule has 0 bridgehead atoms. The van der Waals surface area contributed by atoms with E-state index >= 15 is 0 Å². The summed E-state index contributed by atoms with van der Waals surface area (Å²) in [5.41, 5.74) is 1.19. The summed E-state index contributed by atoms with van der Waals surface area (Å²) in [5.74, 6) is -0.489. The van der Waals surface area contributed by atoms with E-state index in [1.54, 1.807) is 35.4 Å². The highest BCUT2D eigenvalue weighted by Crippen LogP contribution is 2.29. The van der Waals surface area contributed by atoms with E-state index in [0.29, 0.717) is 36.6 Å². The number of nitrogens with zero attached hydrogens (tertiary/aromatic N) is 3. The molecule has 2 aromatic rings. The van der Waals surface area contributed by atoms with E-state index in [0.717, 1.165) is 5.69 Å². The van der Waals surface area contributed by atoms with Gasteiger partial charge in [-0.05, 0) is 42.7 Å². The molecule has 1 aliphatic heterocycles. The maximum absolute atomic E-state index is 13.0. The summed E-state index contributed by atoms with van der Waals surface area (Å²) >= 11 is 1.28. The number of hydrogen-bond acceptors (Lipinski definition) is 5. The summed E-state index contributed by atoms with van der Waals surface area (Å²) in [6.07, 6.45) is 1.76. The van der Waals surface area contributed by atoms with Crippen LogP contribution in [0.2, 0.25) is 0 Å². The van der Waals surface area contributed by atoms with Crippen LogP contribution in [-0.4, -0.2) is 48.2 Å². The molecule has 0 aromatic heterocycles. The lowest BCUT2D eigenvalue weighted by Crippen LogP contribution is -2.48. The summed E-state index contributed by atoms with van der Waals surface area (Å²) in [7, 11) is 0. The van der Waals surface area contributed by atoms with Gasteiger partial charge >= 0.3 is 0 Å². The standard InChI is InChI=1S/C18H18FN3O3S/c1-26-17-7-2-13(12-16(17)22(24)25)18(23)21-10-8-20(9-11-21)15-5-3-14(19)4-6-15/h2-7,12H,8-11H2,1H3. The molecule has 8 heteroatoms. The number of rotatable bonds is 4. The van der Waals surface area contributed by atoms with Crippen molar-refractivity contribution in [3.63, 3.8) is 0 Å². The SMILES string of the molecule is CSc1ccc(C(=O)N2CCN(c3ccc(F)cc3)CC2)cc1[N+](=O)[O-]. The minimum atomic E-state index is -0.463. The summed E-state index contributed by atoms with van der Waals surface area (Å²) < 4.78 is 13.0. The lowest BCUT2D eigenvalue weighted by molar-refractivity contribution is -0.387. The Morgan fingerprint density at radius 1 is 1.12 bits per heavy atom. The molecule has 1 aliphatic rings. The van der Waals surface area contributed by atoms with Crippen LogP contribution in [0, 0.1) is 15.9 Å². The van der Waals surface area contributed by atoms with Gasteiger partial charge in [0.05, 0.1) is 9.82 Å². The molecule has 0 N–H and O–H groups in total. The molecule has 1 heterocycles. The fourth-order valence-corrected chi connectivity index (χ4v) is 3.51. The zero-order chi connectivity index (χ0) is 18.7. The molecular weight excluding hydrogens is 357 g/mol. The average molecular weight is 375 g/mol. The molecule has 0 saturated carbocycles. The highest BCUT2D eigenvalue weighted by molar-refractivity contribution is 7.98. The monoisotopic (exact) mass is 375 g/mol. The van der Waals surface area contributed by atoms with Crippen LogP contribution < -0.4 is 4.90 Å². The van der Waals surface area contributed by atoms with Crippen LogP contribution in [0.25, 0.3) is 0 Å². The largest absolute Gasteiger partial charge is 0.368 e. The van der Waals surface area contributed by atoms with Gasteiger partial charge in [-0.3, -0.25) is 14.9 Å². The van der Waals surface area contributed by atoms with Crippen molar-refractivity contribution in [2.75, 3.05) is 37.3 Å². The van der Waals surface area contributed by atoms with Gasteiger partial charge in [-0.25, -0.2) is 4.39 Å². The van der Waals surface area contributed by atoms with Crippen LogP contribution in [0.4, 0.5) is 15.8 Å². The van der Waals surface area contributed by atoms with Crippen LogP contribution in [0.3, 0.4) is 0 Å². The van der Waals surface area contributed by atoms with Crippen LogP contribution in [0.15, 0.2) is 47.4 Å². The second-order valence-corrected chi connectivity index (χ2v) is 6.75. The Bertz CT molecular complexity index is 821. The zero-order valence-corrected chi connectivity index (χ0v) is 15.0. The van der Waals surface area contributed by atoms with Crippen molar-refractivity contribution in [3.8, 4) is 0 Å². The predicted molar refractivity (Wildman–Crippen MR) is 99.4 cm³/mol. The van der Waals surface area contributed by atoms with Crippen molar-refractivity contribution in [3.05, 3.63) is 64.0 Å². The van der Waals surface area contributed by atoms with Crippen molar-refractivity contribution < 1.29 is 14.1 Å². The van der Waals surface area contributed by atoms with E-state index in [2.05, 4.69) is 4.90 Å². The first-order valence-electron chi connectivity index (χ1n) is 8.12. The first-order chi connectivity index (χ1) is 12.5. The van der Waals surface area contributed by atoms with Crippen molar-refractivity contribution in [1.82, 2.24) is 4.90 Å². The molecular formula is C18H18FN3O3S. The van der Waals surface area contributed by atoms with Crippen LogP contribution in [0.1, 0.15) is 10.4 Å². The van der Waals surface area contributed by atoms with Gasteiger partial charge in [0.2, 0.25) is 0 Å². The van der Waals surface area contributed by atoms with Gasteiger partial charge in [0.15, 0.2) is 0 Å². The highest BCUT2D eigenvalue weighted by Gasteiger charge is 2.24. The number of thioether (sulfide) groups is 1. The van der Waals surface area contributed by atoms with Crippen molar-refractivity contribution in [1.29, 1.82) is 0 Å². The smallest absolute Gasteiger partial charge is 0.283 e. The van der Waals surface area contributed by atoms with E-state index in [4.69, 9.17) is 0 Å². The second kappa shape index (κ2) is 7.74. The van der Waals surface area contributed by atoms with E-state index in [-0.39, 0.29) is 17.4 Å². The molecule has 0 aliphatic carbocycles. The lowest BCUT2D eigenvalue weighted by atomic mass is 10.1. The van der Waals surface area contributed by atoms with Gasteiger partial charge in [-0.15, -0.1) is 11.8 Å². The van der Waals surface area contributed by atoms with Crippen LogP contribution in [0.5, 0.6) is 0 Å². The van der Waals surface area contributed by atoms with E-state index < -0.39 is 4.92 Å². The molecule has 0 spiro atoms. The molecule has 1 fully saturated rings. The lowest BCUT2D eigenvalue weighted by Gasteiger charge is -2.36. The first-order valence-corrected chi connectivity index (χ1v) is 9.34. The Hall–Kier alpha value is -2.61. The molecule has 136 valence electrons. The van der Waals surface area contributed by atoms with Gasteiger partial charge < -0.3 is 9.80 Å². The third kappa shape index (κ3) is 3.80. The molecule has 3 rings (SSSR count). The molecule has 6 nitrogen and oxygen atoms in total. The van der Waals surface area contributed by atoms with Gasteiger partial charge in [0.25, 0.3) is 11.6 Å². The van der Waals surface area contributed by atoms with Crippen LogP contribution in [-0.2, 0) is 0 Å². The number of benzene rings is 2. The van der Waals surface area contributed by atoms with E-state index in [9.17, 15) is 19.3 Å². The molecule has 1 amide bonds.